The fourth-order valence-electron chi connectivity index (χ4n) is 1.63. The minimum atomic E-state index is -0.201. The van der Waals surface area contributed by atoms with Crippen LogP contribution in [0, 0.1) is 12.3 Å². The summed E-state index contributed by atoms with van der Waals surface area (Å²) < 4.78 is 1.59. The van der Waals surface area contributed by atoms with Crippen LogP contribution in [-0.4, -0.2) is 21.7 Å². The lowest BCUT2D eigenvalue weighted by Crippen LogP contribution is -2.34. The van der Waals surface area contributed by atoms with E-state index in [1.165, 1.54) is 0 Å². The van der Waals surface area contributed by atoms with Crippen molar-refractivity contribution in [2.45, 2.75) is 39.2 Å². The lowest BCUT2D eigenvalue weighted by Gasteiger charge is -2.11. The first-order valence-electron chi connectivity index (χ1n) is 5.92. The fraction of sp³-hybridized carbons (Fsp3) is 0.538. The molecule has 0 bridgehead atoms. The first-order chi connectivity index (χ1) is 8.12. The van der Waals surface area contributed by atoms with E-state index in [2.05, 4.69) is 16.3 Å². The monoisotopic (exact) mass is 233 g/mol. The Kier molecular flexibility index (Phi) is 4.77. The molecule has 0 saturated carbocycles. The molecule has 0 saturated heterocycles. The van der Waals surface area contributed by atoms with Crippen LogP contribution in [0.1, 0.15) is 42.9 Å². The van der Waals surface area contributed by atoms with Gasteiger partial charge < -0.3 is 5.32 Å². The molecule has 0 aliphatic heterocycles. The zero-order valence-corrected chi connectivity index (χ0v) is 10.7. The van der Waals surface area contributed by atoms with Gasteiger partial charge in [0.2, 0.25) is 0 Å². The average molecular weight is 233 g/mol. The molecule has 0 fully saturated rings. The number of terminal acetylenes is 1. The molecule has 92 valence electrons. The van der Waals surface area contributed by atoms with Crippen molar-refractivity contribution in [1.29, 1.82) is 0 Å². The molecule has 17 heavy (non-hydrogen) atoms. The van der Waals surface area contributed by atoms with E-state index in [0.29, 0.717) is 5.69 Å². The van der Waals surface area contributed by atoms with Crippen molar-refractivity contribution in [3.05, 3.63) is 17.5 Å². The van der Waals surface area contributed by atoms with Gasteiger partial charge in [0.05, 0.1) is 11.7 Å². The summed E-state index contributed by atoms with van der Waals surface area (Å²) >= 11 is 0. The van der Waals surface area contributed by atoms with Crippen LogP contribution in [0.3, 0.4) is 0 Å². The predicted octanol–water partition coefficient (Wildman–Crippen LogP) is 1.51. The van der Waals surface area contributed by atoms with Gasteiger partial charge in [-0.15, -0.1) is 6.42 Å². The van der Waals surface area contributed by atoms with E-state index in [-0.39, 0.29) is 11.9 Å². The maximum absolute atomic E-state index is 12.0. The Morgan fingerprint density at radius 3 is 2.82 bits per heavy atom. The lowest BCUT2D eigenvalue weighted by atomic mass is 10.1. The molecule has 4 heteroatoms. The normalized spacial score (nSPS) is 11.9. The summed E-state index contributed by atoms with van der Waals surface area (Å²) in [5.74, 6) is 2.43. The summed E-state index contributed by atoms with van der Waals surface area (Å²) in [7, 11) is 1.76. The van der Waals surface area contributed by atoms with Crippen molar-refractivity contribution < 1.29 is 4.79 Å². The second kappa shape index (κ2) is 6.09. The second-order valence-electron chi connectivity index (χ2n) is 3.98. The average Bonchev–Trinajstić information content (AvgIpc) is 2.70. The van der Waals surface area contributed by atoms with Crippen LogP contribution in [0.4, 0.5) is 0 Å². The Hall–Kier alpha value is -1.76. The highest BCUT2D eigenvalue weighted by molar-refractivity contribution is 5.93. The minimum Gasteiger partial charge on any atom is -0.337 e. The molecular weight excluding hydrogens is 214 g/mol. The standard InChI is InChI=1S/C13H19N3O/c1-5-8-10(6-2)14-13(17)12-9-11(7-3)15-16(12)4/h2,9-10H,5,7-8H2,1,3-4H3,(H,14,17). The fourth-order valence-corrected chi connectivity index (χ4v) is 1.63. The Bertz CT molecular complexity index is 428. The summed E-state index contributed by atoms with van der Waals surface area (Å²) in [6.45, 7) is 4.04. The highest BCUT2D eigenvalue weighted by Gasteiger charge is 2.15. The van der Waals surface area contributed by atoms with Gasteiger partial charge in [-0.2, -0.15) is 5.10 Å². The third-order valence-electron chi connectivity index (χ3n) is 2.61. The number of hydrogen-bond acceptors (Lipinski definition) is 2. The summed E-state index contributed by atoms with van der Waals surface area (Å²) in [4.78, 5) is 12.0. The lowest BCUT2D eigenvalue weighted by molar-refractivity contribution is 0.0935. The molecule has 1 aromatic rings. The van der Waals surface area contributed by atoms with Crippen LogP contribution in [0.2, 0.25) is 0 Å². The Balaban J connectivity index is 2.75. The van der Waals surface area contributed by atoms with Gasteiger partial charge in [0.1, 0.15) is 5.69 Å². The molecule has 1 N–H and O–H groups in total. The van der Waals surface area contributed by atoms with E-state index >= 15 is 0 Å². The molecule has 0 aromatic carbocycles. The second-order valence-corrected chi connectivity index (χ2v) is 3.98. The van der Waals surface area contributed by atoms with Gasteiger partial charge in [0, 0.05) is 7.05 Å². The minimum absolute atomic E-state index is 0.156. The van der Waals surface area contributed by atoms with Gasteiger partial charge in [-0.05, 0) is 18.9 Å². The zero-order valence-electron chi connectivity index (χ0n) is 10.7. The van der Waals surface area contributed by atoms with Crippen LogP contribution < -0.4 is 5.32 Å². The van der Waals surface area contributed by atoms with Gasteiger partial charge in [-0.25, -0.2) is 0 Å². The maximum Gasteiger partial charge on any atom is 0.270 e. The maximum atomic E-state index is 12.0. The Morgan fingerprint density at radius 2 is 2.35 bits per heavy atom. The molecule has 1 aromatic heterocycles. The molecule has 1 heterocycles. The smallest absolute Gasteiger partial charge is 0.270 e. The topological polar surface area (TPSA) is 46.9 Å². The van der Waals surface area contributed by atoms with Gasteiger partial charge >= 0.3 is 0 Å². The van der Waals surface area contributed by atoms with E-state index in [1.807, 2.05) is 13.8 Å². The van der Waals surface area contributed by atoms with Crippen LogP contribution >= 0.6 is 0 Å². The number of carbonyl (C=O) groups is 1. The SMILES string of the molecule is C#CC(CCC)NC(=O)c1cc(CC)nn1C. The number of nitrogens with zero attached hydrogens (tertiary/aromatic N) is 2. The number of aryl methyl sites for hydroxylation is 2. The number of amides is 1. The van der Waals surface area contributed by atoms with E-state index in [9.17, 15) is 4.79 Å². The quantitative estimate of drug-likeness (QED) is 0.784. The van der Waals surface area contributed by atoms with Crippen molar-refractivity contribution in [2.24, 2.45) is 7.05 Å². The molecule has 1 atom stereocenters. The van der Waals surface area contributed by atoms with Crippen LogP contribution in [0.15, 0.2) is 6.07 Å². The number of rotatable bonds is 5. The molecule has 0 aliphatic carbocycles. The predicted molar refractivity (Wildman–Crippen MR) is 67.6 cm³/mol. The molecule has 0 aliphatic rings. The molecule has 1 amide bonds. The zero-order chi connectivity index (χ0) is 12.8. The van der Waals surface area contributed by atoms with Gasteiger partial charge in [0.25, 0.3) is 5.91 Å². The van der Waals surface area contributed by atoms with Crippen LogP contribution in [0.5, 0.6) is 0 Å². The highest BCUT2D eigenvalue weighted by Crippen LogP contribution is 2.05. The Labute approximate surface area is 102 Å². The highest BCUT2D eigenvalue weighted by atomic mass is 16.2. The number of hydrogen-bond donors (Lipinski definition) is 1. The number of carbonyl (C=O) groups excluding carboxylic acids is 1. The first-order valence-corrected chi connectivity index (χ1v) is 5.92. The van der Waals surface area contributed by atoms with Crippen molar-refractivity contribution in [3.63, 3.8) is 0 Å². The largest absolute Gasteiger partial charge is 0.337 e. The van der Waals surface area contributed by atoms with Crippen molar-refractivity contribution in [1.82, 2.24) is 15.1 Å². The number of aromatic nitrogens is 2. The van der Waals surface area contributed by atoms with Crippen LogP contribution in [-0.2, 0) is 13.5 Å². The third kappa shape index (κ3) is 3.35. The third-order valence-corrected chi connectivity index (χ3v) is 2.61. The van der Waals surface area contributed by atoms with E-state index in [0.717, 1.165) is 25.0 Å². The van der Waals surface area contributed by atoms with Gasteiger partial charge in [0.15, 0.2) is 0 Å². The molecule has 1 unspecified atom stereocenters. The molecule has 0 radical (unpaired) electrons. The number of nitrogens with one attached hydrogen (secondary N) is 1. The van der Waals surface area contributed by atoms with E-state index in [1.54, 1.807) is 17.8 Å². The summed E-state index contributed by atoms with van der Waals surface area (Å²) in [5.41, 5.74) is 1.46. The molecule has 1 rings (SSSR count). The van der Waals surface area contributed by atoms with Gasteiger partial charge in [-0.1, -0.05) is 26.2 Å². The van der Waals surface area contributed by atoms with E-state index < -0.39 is 0 Å². The Morgan fingerprint density at radius 1 is 1.65 bits per heavy atom. The van der Waals surface area contributed by atoms with E-state index in [4.69, 9.17) is 6.42 Å². The summed E-state index contributed by atoms with van der Waals surface area (Å²) in [6.07, 6.45) is 7.92. The molecule has 0 spiro atoms. The van der Waals surface area contributed by atoms with Crippen molar-refractivity contribution >= 4 is 5.91 Å². The molecular formula is C13H19N3O. The molecule has 4 nitrogen and oxygen atoms in total. The van der Waals surface area contributed by atoms with Crippen LogP contribution in [0.25, 0.3) is 0 Å². The summed E-state index contributed by atoms with van der Waals surface area (Å²) in [6, 6.07) is 1.60. The van der Waals surface area contributed by atoms with Gasteiger partial charge in [-0.3, -0.25) is 9.48 Å². The van der Waals surface area contributed by atoms with Crippen molar-refractivity contribution in [3.8, 4) is 12.3 Å². The first kappa shape index (κ1) is 13.3. The van der Waals surface area contributed by atoms with Crippen molar-refractivity contribution in [2.75, 3.05) is 0 Å². The summed E-state index contributed by atoms with van der Waals surface area (Å²) in [5, 5.41) is 7.06.